The summed E-state index contributed by atoms with van der Waals surface area (Å²) in [6.07, 6.45) is 1.08. The van der Waals surface area contributed by atoms with Gasteiger partial charge in [-0.1, -0.05) is 57.1 Å². The molecule has 0 saturated heterocycles. The number of aromatic nitrogens is 2. The number of hydrogen-bond donors (Lipinski definition) is 1. The molecule has 2 aromatic rings. The van der Waals surface area contributed by atoms with Crippen LogP contribution >= 0.6 is 0 Å². The van der Waals surface area contributed by atoms with Crippen LogP contribution in [0.1, 0.15) is 62.5 Å². The van der Waals surface area contributed by atoms with Crippen molar-refractivity contribution in [3.63, 3.8) is 0 Å². The fraction of sp³-hybridized carbons (Fsp3) is 0.500. The second-order valence-corrected chi connectivity index (χ2v) is 5.96. The Morgan fingerprint density at radius 3 is 2.25 bits per heavy atom. The van der Waals surface area contributed by atoms with Crippen LogP contribution in [0.4, 0.5) is 0 Å². The highest BCUT2D eigenvalue weighted by molar-refractivity contribution is 5.28. The third-order valence-electron chi connectivity index (χ3n) is 3.21. The molecule has 1 aromatic heterocycles. The van der Waals surface area contributed by atoms with Gasteiger partial charge in [0.25, 0.3) is 0 Å². The van der Waals surface area contributed by atoms with Gasteiger partial charge in [-0.15, -0.1) is 0 Å². The lowest BCUT2D eigenvalue weighted by Gasteiger charge is -2.09. The molecule has 4 nitrogen and oxygen atoms in total. The number of nitrogens with two attached hydrogens (primary N) is 1. The SMILES string of the molecule is CC(C)Cc1ccc(C(N)c2noc(C(C)C)n2)cc1. The van der Waals surface area contributed by atoms with Crippen LogP contribution in [-0.4, -0.2) is 10.1 Å². The molecule has 20 heavy (non-hydrogen) atoms. The van der Waals surface area contributed by atoms with Gasteiger partial charge in [0.2, 0.25) is 5.89 Å². The first kappa shape index (κ1) is 14.7. The molecule has 108 valence electrons. The minimum Gasteiger partial charge on any atom is -0.339 e. The first-order valence-electron chi connectivity index (χ1n) is 7.15. The highest BCUT2D eigenvalue weighted by Crippen LogP contribution is 2.20. The smallest absolute Gasteiger partial charge is 0.229 e. The summed E-state index contributed by atoms with van der Waals surface area (Å²) in [4.78, 5) is 4.35. The Balaban J connectivity index is 2.13. The summed E-state index contributed by atoms with van der Waals surface area (Å²) >= 11 is 0. The monoisotopic (exact) mass is 273 g/mol. The molecule has 2 N–H and O–H groups in total. The lowest BCUT2D eigenvalue weighted by molar-refractivity contribution is 0.359. The van der Waals surface area contributed by atoms with Crippen molar-refractivity contribution in [2.45, 2.75) is 46.1 Å². The van der Waals surface area contributed by atoms with Gasteiger partial charge in [0.1, 0.15) is 0 Å². The fourth-order valence-corrected chi connectivity index (χ4v) is 2.09. The molecular weight excluding hydrogens is 250 g/mol. The number of nitrogens with zero attached hydrogens (tertiary/aromatic N) is 2. The summed E-state index contributed by atoms with van der Waals surface area (Å²) in [5, 5.41) is 3.97. The normalized spacial score (nSPS) is 13.2. The Morgan fingerprint density at radius 2 is 1.75 bits per heavy atom. The van der Waals surface area contributed by atoms with E-state index in [1.165, 1.54) is 5.56 Å². The quantitative estimate of drug-likeness (QED) is 0.906. The van der Waals surface area contributed by atoms with E-state index < -0.39 is 0 Å². The molecule has 0 aliphatic rings. The van der Waals surface area contributed by atoms with E-state index in [0.717, 1.165) is 12.0 Å². The van der Waals surface area contributed by atoms with Crippen molar-refractivity contribution in [2.24, 2.45) is 11.7 Å². The summed E-state index contributed by atoms with van der Waals surface area (Å²) in [6.45, 7) is 8.46. The van der Waals surface area contributed by atoms with E-state index in [1.54, 1.807) is 0 Å². The fourth-order valence-electron chi connectivity index (χ4n) is 2.09. The number of benzene rings is 1. The van der Waals surface area contributed by atoms with Crippen molar-refractivity contribution >= 4 is 0 Å². The lowest BCUT2D eigenvalue weighted by Crippen LogP contribution is -2.13. The number of hydrogen-bond acceptors (Lipinski definition) is 4. The minimum atomic E-state index is -0.334. The third kappa shape index (κ3) is 3.45. The lowest BCUT2D eigenvalue weighted by atomic mass is 9.99. The summed E-state index contributed by atoms with van der Waals surface area (Å²) < 4.78 is 5.20. The number of rotatable bonds is 5. The highest BCUT2D eigenvalue weighted by atomic mass is 16.5. The summed E-state index contributed by atoms with van der Waals surface area (Å²) in [5.41, 5.74) is 8.53. The molecule has 0 spiro atoms. The van der Waals surface area contributed by atoms with Gasteiger partial charge in [-0.05, 0) is 23.5 Å². The molecule has 1 aromatic carbocycles. The van der Waals surface area contributed by atoms with Crippen LogP contribution in [0.25, 0.3) is 0 Å². The van der Waals surface area contributed by atoms with Gasteiger partial charge in [-0.2, -0.15) is 4.98 Å². The van der Waals surface area contributed by atoms with Crippen LogP contribution in [0, 0.1) is 5.92 Å². The third-order valence-corrected chi connectivity index (χ3v) is 3.21. The van der Waals surface area contributed by atoms with E-state index in [4.69, 9.17) is 10.3 Å². The van der Waals surface area contributed by atoms with Crippen molar-refractivity contribution in [1.29, 1.82) is 0 Å². The summed E-state index contributed by atoms with van der Waals surface area (Å²) in [5.74, 6) is 2.05. The minimum absolute atomic E-state index is 0.219. The largest absolute Gasteiger partial charge is 0.339 e. The zero-order valence-electron chi connectivity index (χ0n) is 12.6. The van der Waals surface area contributed by atoms with Crippen LogP contribution < -0.4 is 5.73 Å². The Hall–Kier alpha value is -1.68. The van der Waals surface area contributed by atoms with Crippen LogP contribution in [0.3, 0.4) is 0 Å². The summed E-state index contributed by atoms with van der Waals surface area (Å²) in [6, 6.07) is 8.01. The van der Waals surface area contributed by atoms with Crippen LogP contribution in [-0.2, 0) is 6.42 Å². The Kier molecular flexibility index (Phi) is 4.55. The maximum Gasteiger partial charge on any atom is 0.229 e. The van der Waals surface area contributed by atoms with Gasteiger partial charge < -0.3 is 10.3 Å². The maximum atomic E-state index is 6.20. The van der Waals surface area contributed by atoms with E-state index in [0.29, 0.717) is 17.6 Å². The van der Waals surface area contributed by atoms with Crippen molar-refractivity contribution in [1.82, 2.24) is 10.1 Å². The second kappa shape index (κ2) is 6.18. The average Bonchev–Trinajstić information content (AvgIpc) is 2.88. The van der Waals surface area contributed by atoms with Crippen molar-refractivity contribution in [3.05, 3.63) is 47.1 Å². The topological polar surface area (TPSA) is 64.9 Å². The van der Waals surface area contributed by atoms with E-state index in [1.807, 2.05) is 26.0 Å². The zero-order chi connectivity index (χ0) is 14.7. The molecular formula is C16H23N3O. The molecule has 0 bridgehead atoms. The zero-order valence-corrected chi connectivity index (χ0v) is 12.6. The van der Waals surface area contributed by atoms with E-state index in [2.05, 4.69) is 36.1 Å². The highest BCUT2D eigenvalue weighted by Gasteiger charge is 2.17. The van der Waals surface area contributed by atoms with Gasteiger partial charge in [0.15, 0.2) is 5.82 Å². The van der Waals surface area contributed by atoms with Gasteiger partial charge in [0, 0.05) is 5.92 Å². The van der Waals surface area contributed by atoms with E-state index >= 15 is 0 Å². The van der Waals surface area contributed by atoms with Crippen molar-refractivity contribution < 1.29 is 4.52 Å². The maximum absolute atomic E-state index is 6.20. The Bertz CT molecular complexity index is 543. The molecule has 0 aliphatic heterocycles. The standard InChI is InChI=1S/C16H23N3O/c1-10(2)9-12-5-7-13(8-6-12)14(17)15-18-16(11(3)4)20-19-15/h5-8,10-11,14H,9,17H2,1-4H3. The predicted octanol–water partition coefficient (Wildman–Crippen LogP) is 3.44. The molecule has 0 saturated carbocycles. The molecule has 4 heteroatoms. The average molecular weight is 273 g/mol. The van der Waals surface area contributed by atoms with E-state index in [9.17, 15) is 0 Å². The van der Waals surface area contributed by atoms with Crippen LogP contribution in [0.5, 0.6) is 0 Å². The molecule has 2 rings (SSSR count). The first-order chi connectivity index (χ1) is 9.47. The van der Waals surface area contributed by atoms with Crippen molar-refractivity contribution in [3.8, 4) is 0 Å². The van der Waals surface area contributed by atoms with Crippen LogP contribution in [0.15, 0.2) is 28.8 Å². The molecule has 1 unspecified atom stereocenters. The van der Waals surface area contributed by atoms with Gasteiger partial charge in [-0.3, -0.25) is 0 Å². The molecule has 0 amide bonds. The first-order valence-corrected chi connectivity index (χ1v) is 7.15. The molecule has 1 heterocycles. The molecule has 1 atom stereocenters. The van der Waals surface area contributed by atoms with Gasteiger partial charge in [-0.25, -0.2) is 0 Å². The predicted molar refractivity (Wildman–Crippen MR) is 79.4 cm³/mol. The van der Waals surface area contributed by atoms with Crippen molar-refractivity contribution in [2.75, 3.05) is 0 Å². The molecule has 0 radical (unpaired) electrons. The molecule has 0 aliphatic carbocycles. The van der Waals surface area contributed by atoms with Gasteiger partial charge >= 0.3 is 0 Å². The molecule has 0 fully saturated rings. The second-order valence-electron chi connectivity index (χ2n) is 5.96. The summed E-state index contributed by atoms with van der Waals surface area (Å²) in [7, 11) is 0. The van der Waals surface area contributed by atoms with E-state index in [-0.39, 0.29) is 12.0 Å². The van der Waals surface area contributed by atoms with Crippen LogP contribution in [0.2, 0.25) is 0 Å². The Labute approximate surface area is 120 Å². The Morgan fingerprint density at radius 1 is 1.10 bits per heavy atom. The van der Waals surface area contributed by atoms with Gasteiger partial charge in [0.05, 0.1) is 6.04 Å².